The molecule has 2 aromatic carbocycles. The maximum Gasteiger partial charge on any atom is 0.335 e. The number of benzene rings is 2. The first-order valence-corrected chi connectivity index (χ1v) is 30.4. The van der Waals surface area contributed by atoms with Crippen LogP contribution >= 0.6 is 0 Å². The predicted molar refractivity (Wildman–Crippen MR) is 305 cm³/mol. The van der Waals surface area contributed by atoms with E-state index in [0.29, 0.717) is 61.5 Å². The molecule has 0 radical (unpaired) electrons. The van der Waals surface area contributed by atoms with Gasteiger partial charge in [-0.3, -0.25) is 0 Å². The van der Waals surface area contributed by atoms with Crippen molar-refractivity contribution >= 4 is 5.97 Å². The molecular weight excluding hydrogens is 1040 g/mol. The average molecular weight is 1130 g/mol. The number of aromatic nitrogens is 1. The second kappa shape index (κ2) is 23.9. The zero-order chi connectivity index (χ0) is 57.6. The second-order valence-corrected chi connectivity index (χ2v) is 25.5. The molecule has 0 amide bonds. The fourth-order valence-electron chi connectivity index (χ4n) is 18.1. The fourth-order valence-corrected chi connectivity index (χ4v) is 18.1. The minimum Gasteiger partial charge on any atom is -0.482 e. The lowest BCUT2D eigenvalue weighted by Gasteiger charge is -2.60. The van der Waals surface area contributed by atoms with Crippen molar-refractivity contribution in [2.75, 3.05) is 26.9 Å². The quantitative estimate of drug-likeness (QED) is 0.0318. The zero-order valence-corrected chi connectivity index (χ0v) is 47.6. The lowest BCUT2D eigenvalue weighted by Crippen LogP contribution is -2.71. The highest BCUT2D eigenvalue weighted by atomic mass is 16.7. The van der Waals surface area contributed by atoms with Crippen LogP contribution in [0.15, 0.2) is 97.1 Å². The monoisotopic (exact) mass is 1120 g/mol. The Balaban J connectivity index is 1.03. The Labute approximate surface area is 482 Å². The first-order valence-electron chi connectivity index (χ1n) is 30.4. The number of aliphatic hydroxyl groups excluding tert-OH is 5. The Bertz CT molecular complexity index is 2970. The predicted octanol–water partition coefficient (Wildman–Crippen LogP) is 8.84. The topological polar surface area (TPSA) is 234 Å². The highest BCUT2D eigenvalue weighted by Crippen LogP contribution is 2.78. The van der Waals surface area contributed by atoms with Crippen LogP contribution in [0.25, 0.3) is 0 Å². The maximum absolute atomic E-state index is 14.2. The summed E-state index contributed by atoms with van der Waals surface area (Å²) in [7, 11) is 1.62. The summed E-state index contributed by atoms with van der Waals surface area (Å²) in [6.45, 7) is 6.10. The van der Waals surface area contributed by atoms with E-state index in [1.54, 1.807) is 37.7 Å². The number of aliphatic hydroxyl groups is 6. The molecule has 4 aliphatic heterocycles. The number of carboxylic acid groups (broad SMARTS) is 1. The normalized spacial score (nSPS) is 36.7. The largest absolute Gasteiger partial charge is 0.482 e. The standard InChI is InChI=1S/C67H84N2O13/c1-4-6-7-14-56-51-25-21-45-33-64(51,40-65(77)34-52-50(43-16-18-44(19-17-43)62(75)76)24-22-48-12-8-27-66(48,52)60(45)65)53-35-67(82-56)61(74)58(73)59(57(15-9-29-70)79-30-10-13-55(53)72)81-63(67)80-49-23-20-42(11-5-2)46(32-49)31-47(39-78-3)54(38-71)69-28-26-41(36-68)37-69/h5,16-21,23,25-26,28,32,37,45,47-48,50,52-55,57-61,63,70-74,77H,2,4,6-9,11-15,22,24,27,29,31,33-35,38-40H2,1,3H3,(H,75,76). The van der Waals surface area contributed by atoms with E-state index in [0.717, 1.165) is 73.6 Å². The number of unbranched alkanes of at least 4 members (excludes halogenated alkanes) is 2. The molecule has 18 unspecified atom stereocenters. The van der Waals surface area contributed by atoms with Crippen LogP contribution in [-0.2, 0) is 31.8 Å². The molecule has 440 valence electrons. The van der Waals surface area contributed by atoms with Gasteiger partial charge in [0, 0.05) is 62.6 Å². The van der Waals surface area contributed by atoms with Crippen molar-refractivity contribution in [2.45, 2.75) is 182 Å². The van der Waals surface area contributed by atoms with Gasteiger partial charge >= 0.3 is 5.97 Å². The summed E-state index contributed by atoms with van der Waals surface area (Å²) in [5.74, 6) is 2.75. The minimum absolute atomic E-state index is 0.00901. The van der Waals surface area contributed by atoms with E-state index in [-0.39, 0.29) is 86.1 Å². The number of aromatic carboxylic acids is 1. The van der Waals surface area contributed by atoms with Crippen LogP contribution in [0.1, 0.15) is 154 Å². The molecule has 1 aromatic heterocycles. The number of fused-ring (bicyclic) bond motifs is 9. The first kappa shape index (κ1) is 58.3. The molecule has 15 nitrogen and oxygen atoms in total. The van der Waals surface area contributed by atoms with Crippen LogP contribution in [-0.4, -0.2) is 121 Å². The van der Waals surface area contributed by atoms with Gasteiger partial charge in [0.25, 0.3) is 0 Å². The van der Waals surface area contributed by atoms with Gasteiger partial charge in [-0.1, -0.05) is 68.5 Å². The third-order valence-electron chi connectivity index (χ3n) is 21.3. The number of hydrogen-bond acceptors (Lipinski definition) is 13. The minimum atomic E-state index is -1.86. The van der Waals surface area contributed by atoms with Gasteiger partial charge in [-0.2, -0.15) is 5.26 Å². The van der Waals surface area contributed by atoms with E-state index in [2.05, 4.69) is 43.8 Å². The van der Waals surface area contributed by atoms with Crippen molar-refractivity contribution in [1.82, 2.24) is 4.57 Å². The van der Waals surface area contributed by atoms with Crippen LogP contribution in [0.3, 0.4) is 0 Å². The Morgan fingerprint density at radius 1 is 1.02 bits per heavy atom. The van der Waals surface area contributed by atoms with E-state index in [4.69, 9.17) is 23.7 Å². The molecule has 5 heterocycles. The summed E-state index contributed by atoms with van der Waals surface area (Å²) in [4.78, 5) is 12.0. The number of nitriles is 1. The average Bonchev–Trinajstić information content (AvgIpc) is 2.10. The molecule has 7 N–H and O–H groups in total. The van der Waals surface area contributed by atoms with Gasteiger partial charge < -0.3 is 64.0 Å². The molecule has 4 saturated carbocycles. The number of ether oxygens (including phenoxy) is 5. The maximum atomic E-state index is 14.2. The van der Waals surface area contributed by atoms with Gasteiger partial charge in [-0.15, -0.1) is 6.58 Å². The number of rotatable bonds is 20. The van der Waals surface area contributed by atoms with Gasteiger partial charge in [-0.25, -0.2) is 4.79 Å². The molecule has 82 heavy (non-hydrogen) atoms. The molecule has 5 bridgehead atoms. The molecule has 5 fully saturated rings. The molecule has 1 saturated heterocycles. The SMILES string of the molecule is C=CCc1ccc(OC2OC3C(CCCO)OC#CCC(O)C4CC2(OC(CCCCC)=C2C=CC5CC24CC2(O)CC4C(c6ccc(C(=O)O)cc6)CCC6CCCC64C52)C(O)C3O)cc1CC(COC)C(CO)n1ccc(C#N)c1. The smallest absolute Gasteiger partial charge is 0.335 e. The van der Waals surface area contributed by atoms with Crippen molar-refractivity contribution in [2.24, 2.45) is 46.3 Å². The van der Waals surface area contributed by atoms with Crippen molar-refractivity contribution < 1.29 is 64.2 Å². The van der Waals surface area contributed by atoms with Gasteiger partial charge in [0.05, 0.1) is 42.1 Å². The van der Waals surface area contributed by atoms with Crippen LogP contribution in [0, 0.1) is 69.7 Å². The molecule has 12 rings (SSSR count). The summed E-state index contributed by atoms with van der Waals surface area (Å²) in [5.41, 5.74) is 0.472. The summed E-state index contributed by atoms with van der Waals surface area (Å²) in [5, 5.41) is 93.9. The number of nitrogens with zero attached hydrogens (tertiary/aromatic N) is 2. The first-order chi connectivity index (χ1) is 39.7. The second-order valence-electron chi connectivity index (χ2n) is 25.5. The van der Waals surface area contributed by atoms with Crippen LogP contribution in [0.2, 0.25) is 0 Å². The van der Waals surface area contributed by atoms with Crippen molar-refractivity contribution in [3.63, 3.8) is 0 Å². The van der Waals surface area contributed by atoms with Gasteiger partial charge in [0.15, 0.2) is 5.60 Å². The number of carboxylic acids is 1. The molecule has 5 aliphatic carbocycles. The van der Waals surface area contributed by atoms with Crippen LogP contribution in [0.4, 0.5) is 0 Å². The van der Waals surface area contributed by atoms with E-state index >= 15 is 0 Å². The fraction of sp³-hybridized carbons (Fsp3) is 0.612. The van der Waals surface area contributed by atoms with E-state index in [9.17, 15) is 45.8 Å². The summed E-state index contributed by atoms with van der Waals surface area (Å²) >= 11 is 0. The lowest BCUT2D eigenvalue weighted by molar-refractivity contribution is -0.337. The highest BCUT2D eigenvalue weighted by molar-refractivity contribution is 5.87. The number of hydrogen-bond donors (Lipinski definition) is 7. The lowest BCUT2D eigenvalue weighted by atomic mass is 9.44. The van der Waals surface area contributed by atoms with E-state index in [1.807, 2.05) is 41.0 Å². The molecule has 18 atom stereocenters. The van der Waals surface area contributed by atoms with Crippen molar-refractivity contribution in [1.29, 1.82) is 5.26 Å². The van der Waals surface area contributed by atoms with Crippen molar-refractivity contribution in [3.05, 3.63) is 125 Å². The van der Waals surface area contributed by atoms with Crippen LogP contribution in [0.5, 0.6) is 5.75 Å². The van der Waals surface area contributed by atoms with Crippen LogP contribution < -0.4 is 4.74 Å². The molecule has 9 aliphatic rings. The van der Waals surface area contributed by atoms with Gasteiger partial charge in [0.2, 0.25) is 6.29 Å². The third kappa shape index (κ3) is 10.1. The highest BCUT2D eigenvalue weighted by Gasteiger charge is 2.75. The summed E-state index contributed by atoms with van der Waals surface area (Å²) < 4.78 is 35.9. The summed E-state index contributed by atoms with van der Waals surface area (Å²) in [6, 6.07) is 16.6. The van der Waals surface area contributed by atoms with E-state index in [1.165, 1.54) is 0 Å². The van der Waals surface area contributed by atoms with Gasteiger partial charge in [0.1, 0.15) is 48.1 Å². The Kier molecular flexibility index (Phi) is 17.0. The molecule has 3 aromatic rings. The van der Waals surface area contributed by atoms with Gasteiger partial charge in [-0.05, 0) is 165 Å². The van der Waals surface area contributed by atoms with E-state index < -0.39 is 71.4 Å². The zero-order valence-electron chi connectivity index (χ0n) is 47.6. The number of carbonyl (C=O) groups is 1. The Hall–Kier alpha value is -5.46. The summed E-state index contributed by atoms with van der Waals surface area (Å²) in [6.07, 6.45) is 15.9. The Morgan fingerprint density at radius 3 is 2.59 bits per heavy atom. The molecule has 15 heteroatoms. The number of allylic oxidation sites excluding steroid dienone is 5. The Morgan fingerprint density at radius 2 is 1.85 bits per heavy atom. The van der Waals surface area contributed by atoms with Crippen molar-refractivity contribution in [3.8, 4) is 23.8 Å². The molecule has 3 spiro atoms. The number of methoxy groups -OCH3 is 1. The third-order valence-corrected chi connectivity index (χ3v) is 21.3. The molecular formula is C67H84N2O13.